The van der Waals surface area contributed by atoms with Gasteiger partial charge in [0.05, 0.1) is 4.99 Å². The van der Waals surface area contributed by atoms with E-state index >= 15 is 0 Å². The molecule has 2 nitrogen and oxygen atoms in total. The van der Waals surface area contributed by atoms with E-state index in [0.29, 0.717) is 24.5 Å². The molecule has 0 saturated carbocycles. The first kappa shape index (κ1) is 14.0. The summed E-state index contributed by atoms with van der Waals surface area (Å²) in [5.41, 5.74) is 1.12. The van der Waals surface area contributed by atoms with Crippen LogP contribution in [-0.4, -0.2) is 41.3 Å². The molecule has 0 atom stereocenters. The average molecular weight is 246 g/mol. The van der Waals surface area contributed by atoms with E-state index in [2.05, 4.69) is 12.2 Å². The zero-order valence-electron chi connectivity index (χ0n) is 7.80. The van der Waals surface area contributed by atoms with Crippen molar-refractivity contribution in [2.75, 3.05) is 25.9 Å². The maximum atomic E-state index is 11.7. The van der Waals surface area contributed by atoms with Crippen molar-refractivity contribution in [1.82, 2.24) is 4.90 Å². The largest absolute Gasteiger partial charge is 0.441 e. The molecule has 0 amide bonds. The van der Waals surface area contributed by atoms with Crippen molar-refractivity contribution in [3.05, 3.63) is 0 Å². The van der Waals surface area contributed by atoms with Gasteiger partial charge in [-0.25, -0.2) is 0 Å². The van der Waals surface area contributed by atoms with Gasteiger partial charge in [-0.05, 0) is 18.8 Å². The zero-order chi connectivity index (χ0) is 11.2. The van der Waals surface area contributed by atoms with Crippen LogP contribution in [0.25, 0.3) is 0 Å². The third kappa shape index (κ3) is 10.1. The van der Waals surface area contributed by atoms with E-state index in [1.54, 1.807) is 11.9 Å². The molecule has 0 unspecified atom stereocenters. The van der Waals surface area contributed by atoms with E-state index in [0.717, 1.165) is 0 Å². The van der Waals surface area contributed by atoms with Crippen molar-refractivity contribution < 1.29 is 13.2 Å². The van der Waals surface area contributed by atoms with Gasteiger partial charge in [0, 0.05) is 25.3 Å². The SMILES string of the molecule is CN(CCSC(F)(F)F)CCC(N)=S. The number of rotatable bonds is 6. The number of nitrogens with two attached hydrogens (primary N) is 1. The molecular formula is C7H13F3N2S2. The second-order valence-corrected chi connectivity index (χ2v) is 4.50. The zero-order valence-corrected chi connectivity index (χ0v) is 9.44. The molecule has 0 aromatic rings. The quantitative estimate of drug-likeness (QED) is 0.724. The van der Waals surface area contributed by atoms with Crippen molar-refractivity contribution in [1.29, 1.82) is 0 Å². The molecule has 0 saturated heterocycles. The lowest BCUT2D eigenvalue weighted by Crippen LogP contribution is -2.26. The van der Waals surface area contributed by atoms with Gasteiger partial charge in [0.15, 0.2) is 0 Å². The molecule has 0 rings (SSSR count). The van der Waals surface area contributed by atoms with Crippen molar-refractivity contribution in [3.8, 4) is 0 Å². The minimum atomic E-state index is -4.13. The molecule has 0 aromatic heterocycles. The summed E-state index contributed by atoms with van der Waals surface area (Å²) in [7, 11) is 1.75. The van der Waals surface area contributed by atoms with Crippen LogP contribution in [-0.2, 0) is 0 Å². The fraction of sp³-hybridized carbons (Fsp3) is 0.857. The van der Waals surface area contributed by atoms with Crippen LogP contribution in [0.5, 0.6) is 0 Å². The van der Waals surface area contributed by atoms with E-state index in [1.807, 2.05) is 0 Å². The van der Waals surface area contributed by atoms with Gasteiger partial charge < -0.3 is 10.6 Å². The first-order valence-corrected chi connectivity index (χ1v) is 5.38. The van der Waals surface area contributed by atoms with Gasteiger partial charge in [-0.1, -0.05) is 12.2 Å². The van der Waals surface area contributed by atoms with Crippen LogP contribution in [0.3, 0.4) is 0 Å². The average Bonchev–Trinajstić information content (AvgIpc) is 1.98. The topological polar surface area (TPSA) is 29.3 Å². The van der Waals surface area contributed by atoms with Crippen LogP contribution in [0.1, 0.15) is 6.42 Å². The molecule has 0 aliphatic heterocycles. The van der Waals surface area contributed by atoms with Crippen LogP contribution >= 0.6 is 24.0 Å². The summed E-state index contributed by atoms with van der Waals surface area (Å²) in [6, 6.07) is 0. The number of hydrogen-bond donors (Lipinski definition) is 1. The normalized spacial score (nSPS) is 12.1. The van der Waals surface area contributed by atoms with Gasteiger partial charge in [0.25, 0.3) is 0 Å². The standard InChI is InChI=1S/C7H13F3N2S2/c1-12(3-2-6(11)13)4-5-14-7(8,9)10/h2-5H2,1H3,(H2,11,13). The van der Waals surface area contributed by atoms with Gasteiger partial charge in [-0.2, -0.15) is 13.2 Å². The minimum Gasteiger partial charge on any atom is -0.393 e. The molecule has 0 spiro atoms. The molecule has 0 bridgehead atoms. The predicted octanol–water partition coefficient (Wildman–Crippen LogP) is 1.85. The summed E-state index contributed by atoms with van der Waals surface area (Å²) in [6.45, 7) is 0.987. The van der Waals surface area contributed by atoms with Gasteiger partial charge in [0.2, 0.25) is 0 Å². The number of halogens is 3. The molecule has 0 fully saturated rings. The third-order valence-corrected chi connectivity index (χ3v) is 2.40. The molecule has 0 aliphatic rings. The lowest BCUT2D eigenvalue weighted by atomic mass is 10.4. The fourth-order valence-electron chi connectivity index (χ4n) is 0.730. The Morgan fingerprint density at radius 1 is 1.43 bits per heavy atom. The monoisotopic (exact) mass is 246 g/mol. The lowest BCUT2D eigenvalue weighted by molar-refractivity contribution is -0.0328. The van der Waals surface area contributed by atoms with Gasteiger partial charge in [-0.15, -0.1) is 0 Å². The predicted molar refractivity (Wildman–Crippen MR) is 57.4 cm³/mol. The highest BCUT2D eigenvalue weighted by atomic mass is 32.2. The van der Waals surface area contributed by atoms with E-state index in [-0.39, 0.29) is 17.5 Å². The highest BCUT2D eigenvalue weighted by molar-refractivity contribution is 8.00. The minimum absolute atomic E-state index is 0.00961. The first-order chi connectivity index (χ1) is 6.31. The van der Waals surface area contributed by atoms with E-state index in [1.165, 1.54) is 0 Å². The Balaban J connectivity index is 3.45. The number of alkyl halides is 3. The van der Waals surface area contributed by atoms with Gasteiger partial charge in [0.1, 0.15) is 0 Å². The number of thiocarbonyl (C=S) groups is 1. The summed E-state index contributed by atoms with van der Waals surface area (Å²) in [5, 5.41) is 0. The maximum Gasteiger partial charge on any atom is 0.441 e. The number of hydrogen-bond acceptors (Lipinski definition) is 3. The van der Waals surface area contributed by atoms with E-state index in [9.17, 15) is 13.2 Å². The van der Waals surface area contributed by atoms with Crippen molar-refractivity contribution in [2.45, 2.75) is 11.9 Å². The van der Waals surface area contributed by atoms with Gasteiger partial charge >= 0.3 is 5.51 Å². The summed E-state index contributed by atoms with van der Waals surface area (Å²) in [4.78, 5) is 2.16. The van der Waals surface area contributed by atoms with Crippen molar-refractivity contribution in [2.24, 2.45) is 5.73 Å². The van der Waals surface area contributed by atoms with Crippen LogP contribution in [0, 0.1) is 0 Å². The molecule has 0 aromatic carbocycles. The smallest absolute Gasteiger partial charge is 0.393 e. The van der Waals surface area contributed by atoms with Crippen molar-refractivity contribution in [3.63, 3.8) is 0 Å². The Morgan fingerprint density at radius 3 is 2.43 bits per heavy atom. The first-order valence-electron chi connectivity index (χ1n) is 3.99. The fourth-order valence-corrected chi connectivity index (χ4v) is 1.46. The van der Waals surface area contributed by atoms with Crippen LogP contribution in [0.15, 0.2) is 0 Å². The molecule has 0 radical (unpaired) electrons. The summed E-state index contributed by atoms with van der Waals surface area (Å²) >= 11 is 4.64. The van der Waals surface area contributed by atoms with Crippen molar-refractivity contribution >= 4 is 29.0 Å². The lowest BCUT2D eigenvalue weighted by Gasteiger charge is -2.16. The van der Waals surface area contributed by atoms with Crippen LogP contribution in [0.2, 0.25) is 0 Å². The molecule has 0 aliphatic carbocycles. The summed E-state index contributed by atoms with van der Waals surface area (Å²) < 4.78 is 35.2. The number of thioether (sulfide) groups is 1. The highest BCUT2D eigenvalue weighted by Gasteiger charge is 2.27. The molecule has 7 heteroatoms. The Kier molecular flexibility index (Phi) is 6.46. The molecular weight excluding hydrogens is 233 g/mol. The van der Waals surface area contributed by atoms with Crippen LogP contribution in [0.4, 0.5) is 13.2 Å². The second-order valence-electron chi connectivity index (χ2n) is 2.81. The van der Waals surface area contributed by atoms with E-state index in [4.69, 9.17) is 5.73 Å². The maximum absolute atomic E-state index is 11.7. The molecule has 14 heavy (non-hydrogen) atoms. The molecule has 84 valence electrons. The molecule has 2 N–H and O–H groups in total. The highest BCUT2D eigenvalue weighted by Crippen LogP contribution is 2.29. The second kappa shape index (κ2) is 6.47. The Labute approximate surface area is 91.0 Å². The Morgan fingerprint density at radius 2 is 2.00 bits per heavy atom. The summed E-state index contributed by atoms with van der Waals surface area (Å²) in [6.07, 6.45) is 0.544. The number of nitrogens with zero attached hydrogens (tertiary/aromatic N) is 1. The summed E-state index contributed by atoms with van der Waals surface area (Å²) in [5.74, 6) is 0.0390. The van der Waals surface area contributed by atoms with E-state index < -0.39 is 5.51 Å². The third-order valence-electron chi connectivity index (χ3n) is 1.48. The van der Waals surface area contributed by atoms with Gasteiger partial charge in [-0.3, -0.25) is 0 Å². The molecule has 0 heterocycles. The Bertz CT molecular complexity index is 184. The van der Waals surface area contributed by atoms with Crippen LogP contribution < -0.4 is 5.73 Å². The Hall–Kier alpha value is -0.0100.